The summed E-state index contributed by atoms with van der Waals surface area (Å²) in [4.78, 5) is 0. The second-order valence-corrected chi connectivity index (χ2v) is 2.76. The molecule has 0 radical (unpaired) electrons. The lowest BCUT2D eigenvalue weighted by molar-refractivity contribution is 0.259. The molecule has 1 aliphatic carbocycles. The van der Waals surface area contributed by atoms with Crippen molar-refractivity contribution in [3.63, 3.8) is 0 Å². The number of rotatable bonds is 0. The van der Waals surface area contributed by atoms with Crippen LogP contribution >= 0.6 is 0 Å². The lowest BCUT2D eigenvalue weighted by atomic mass is 9.97. The van der Waals surface area contributed by atoms with Crippen molar-refractivity contribution in [1.29, 1.82) is 0 Å². The topological polar surface area (TPSA) is 0 Å². The summed E-state index contributed by atoms with van der Waals surface area (Å²) in [5.41, 5.74) is 0.0598. The summed E-state index contributed by atoms with van der Waals surface area (Å²) in [6.07, 6.45) is 5.88. The Morgan fingerprint density at radius 1 is 1.67 bits per heavy atom. The molecular formula is C8H11F. The van der Waals surface area contributed by atoms with Gasteiger partial charge in [-0.05, 0) is 19.9 Å². The third kappa shape index (κ3) is 1.67. The Kier molecular flexibility index (Phi) is 1.43. The predicted octanol–water partition coefficient (Wildman–Crippen LogP) is 2.62. The van der Waals surface area contributed by atoms with E-state index in [0.29, 0.717) is 6.42 Å². The fraction of sp³-hybridized carbons (Fsp3) is 0.500. The first-order chi connectivity index (χ1) is 4.10. The van der Waals surface area contributed by atoms with Crippen molar-refractivity contribution in [3.05, 3.63) is 23.8 Å². The van der Waals surface area contributed by atoms with Gasteiger partial charge >= 0.3 is 0 Å². The monoisotopic (exact) mass is 126 g/mol. The minimum atomic E-state index is -1.10. The van der Waals surface area contributed by atoms with Gasteiger partial charge in [0.2, 0.25) is 0 Å². The highest BCUT2D eigenvalue weighted by molar-refractivity contribution is 5.25. The highest BCUT2D eigenvalue weighted by atomic mass is 19.1. The van der Waals surface area contributed by atoms with Crippen LogP contribution in [0, 0.1) is 0 Å². The van der Waals surface area contributed by atoms with E-state index in [2.05, 4.69) is 0 Å². The predicted molar refractivity (Wildman–Crippen MR) is 37.0 cm³/mol. The summed E-state index contributed by atoms with van der Waals surface area (Å²) in [6.45, 7) is 3.57. The third-order valence-corrected chi connectivity index (χ3v) is 1.52. The van der Waals surface area contributed by atoms with Gasteiger partial charge in [-0.1, -0.05) is 17.7 Å². The van der Waals surface area contributed by atoms with Crippen molar-refractivity contribution in [1.82, 2.24) is 0 Å². The van der Waals surface area contributed by atoms with E-state index < -0.39 is 5.67 Å². The smallest absolute Gasteiger partial charge is 0.130 e. The number of alkyl halides is 1. The molecule has 0 fully saturated rings. The van der Waals surface area contributed by atoms with Crippen LogP contribution in [0.4, 0.5) is 4.39 Å². The highest BCUT2D eigenvalue weighted by Gasteiger charge is 2.19. The van der Waals surface area contributed by atoms with E-state index in [9.17, 15) is 4.39 Å². The summed E-state index contributed by atoms with van der Waals surface area (Å²) in [6, 6.07) is 0. The van der Waals surface area contributed by atoms with Gasteiger partial charge < -0.3 is 0 Å². The molecule has 1 atom stereocenters. The van der Waals surface area contributed by atoms with Crippen LogP contribution in [-0.2, 0) is 0 Å². The van der Waals surface area contributed by atoms with Crippen molar-refractivity contribution < 1.29 is 4.39 Å². The SMILES string of the molecule is CC1=CCC(C)(F)C=C1. The zero-order valence-electron chi connectivity index (χ0n) is 5.82. The van der Waals surface area contributed by atoms with Crippen LogP contribution in [0.15, 0.2) is 23.8 Å². The fourth-order valence-corrected chi connectivity index (χ4v) is 0.802. The normalized spacial score (nSPS) is 34.3. The van der Waals surface area contributed by atoms with Crippen molar-refractivity contribution >= 4 is 0 Å². The fourth-order valence-electron chi connectivity index (χ4n) is 0.802. The molecule has 0 spiro atoms. The Labute approximate surface area is 55.1 Å². The molecule has 50 valence electrons. The van der Waals surface area contributed by atoms with Crippen LogP contribution in [0.2, 0.25) is 0 Å². The molecule has 0 aromatic carbocycles. The molecule has 1 rings (SSSR count). The Balaban J connectivity index is 2.70. The minimum absolute atomic E-state index is 0.523. The Hall–Kier alpha value is -0.590. The lowest BCUT2D eigenvalue weighted by Gasteiger charge is -2.16. The number of halogens is 1. The van der Waals surface area contributed by atoms with Crippen molar-refractivity contribution in [2.75, 3.05) is 0 Å². The molecule has 0 nitrogen and oxygen atoms in total. The van der Waals surface area contributed by atoms with E-state index in [0.717, 1.165) is 5.57 Å². The summed E-state index contributed by atoms with van der Waals surface area (Å²) in [5, 5.41) is 0. The van der Waals surface area contributed by atoms with Crippen molar-refractivity contribution in [3.8, 4) is 0 Å². The maximum Gasteiger partial charge on any atom is 0.130 e. The molecule has 1 aliphatic rings. The molecular weight excluding hydrogens is 115 g/mol. The number of allylic oxidation sites excluding steroid dienone is 4. The van der Waals surface area contributed by atoms with Gasteiger partial charge in [0.25, 0.3) is 0 Å². The van der Waals surface area contributed by atoms with Gasteiger partial charge in [0, 0.05) is 6.42 Å². The summed E-state index contributed by atoms with van der Waals surface area (Å²) in [5.74, 6) is 0. The number of hydrogen-bond donors (Lipinski definition) is 0. The molecule has 1 heteroatoms. The second kappa shape index (κ2) is 1.98. The van der Waals surface area contributed by atoms with Crippen LogP contribution in [0.3, 0.4) is 0 Å². The molecule has 0 aliphatic heterocycles. The van der Waals surface area contributed by atoms with E-state index in [1.165, 1.54) is 0 Å². The molecule has 0 saturated carbocycles. The van der Waals surface area contributed by atoms with E-state index in [-0.39, 0.29) is 0 Å². The quantitative estimate of drug-likeness (QED) is 0.468. The molecule has 0 bridgehead atoms. The van der Waals surface area contributed by atoms with E-state index in [1.54, 1.807) is 13.0 Å². The first-order valence-electron chi connectivity index (χ1n) is 3.15. The van der Waals surface area contributed by atoms with Crippen molar-refractivity contribution in [2.45, 2.75) is 25.9 Å². The molecule has 9 heavy (non-hydrogen) atoms. The number of hydrogen-bond acceptors (Lipinski definition) is 0. The van der Waals surface area contributed by atoms with Gasteiger partial charge in [-0.25, -0.2) is 4.39 Å². The minimum Gasteiger partial charge on any atom is -0.239 e. The first-order valence-corrected chi connectivity index (χ1v) is 3.15. The van der Waals surface area contributed by atoms with Gasteiger partial charge in [0.1, 0.15) is 5.67 Å². The van der Waals surface area contributed by atoms with Gasteiger partial charge in [-0.15, -0.1) is 0 Å². The first kappa shape index (κ1) is 6.53. The lowest BCUT2D eigenvalue weighted by Crippen LogP contribution is -2.14. The van der Waals surface area contributed by atoms with Gasteiger partial charge in [0.05, 0.1) is 0 Å². The van der Waals surface area contributed by atoms with E-state index >= 15 is 0 Å². The zero-order valence-corrected chi connectivity index (χ0v) is 5.82. The largest absolute Gasteiger partial charge is 0.239 e. The standard InChI is InChI=1S/C8H11F/c1-7-3-5-8(2,9)6-4-7/h3-5H,6H2,1-2H3. The Bertz CT molecular complexity index is 163. The zero-order chi connectivity index (χ0) is 6.91. The van der Waals surface area contributed by atoms with Gasteiger partial charge in [-0.2, -0.15) is 0 Å². The van der Waals surface area contributed by atoms with Crippen LogP contribution in [0.25, 0.3) is 0 Å². The average molecular weight is 126 g/mol. The molecule has 0 aromatic rings. The van der Waals surface area contributed by atoms with Crippen LogP contribution in [-0.4, -0.2) is 5.67 Å². The van der Waals surface area contributed by atoms with E-state index in [1.807, 2.05) is 19.1 Å². The van der Waals surface area contributed by atoms with Crippen molar-refractivity contribution in [2.24, 2.45) is 0 Å². The van der Waals surface area contributed by atoms with Gasteiger partial charge in [0.15, 0.2) is 0 Å². The molecule has 1 unspecified atom stereocenters. The highest BCUT2D eigenvalue weighted by Crippen LogP contribution is 2.23. The average Bonchev–Trinajstić information content (AvgIpc) is 1.78. The molecule has 0 N–H and O–H groups in total. The molecule has 0 heterocycles. The van der Waals surface area contributed by atoms with Gasteiger partial charge in [-0.3, -0.25) is 0 Å². The van der Waals surface area contributed by atoms with Crippen LogP contribution in [0.5, 0.6) is 0 Å². The molecule has 0 amide bonds. The second-order valence-electron chi connectivity index (χ2n) is 2.76. The molecule has 0 saturated heterocycles. The maximum absolute atomic E-state index is 12.9. The van der Waals surface area contributed by atoms with Crippen LogP contribution in [0.1, 0.15) is 20.3 Å². The third-order valence-electron chi connectivity index (χ3n) is 1.52. The molecule has 0 aromatic heterocycles. The Morgan fingerprint density at radius 2 is 2.33 bits per heavy atom. The summed E-state index contributed by atoms with van der Waals surface area (Å²) < 4.78 is 12.9. The van der Waals surface area contributed by atoms with E-state index in [4.69, 9.17) is 0 Å². The maximum atomic E-state index is 12.9. The Morgan fingerprint density at radius 3 is 2.67 bits per heavy atom. The summed E-state index contributed by atoms with van der Waals surface area (Å²) >= 11 is 0. The summed E-state index contributed by atoms with van der Waals surface area (Å²) in [7, 11) is 0. The van der Waals surface area contributed by atoms with Crippen LogP contribution < -0.4 is 0 Å².